The minimum Gasteiger partial charge on any atom is -0.495 e. The van der Waals surface area contributed by atoms with Crippen LogP contribution in [0.3, 0.4) is 0 Å². The predicted molar refractivity (Wildman–Crippen MR) is 83.9 cm³/mol. The van der Waals surface area contributed by atoms with Gasteiger partial charge in [-0.15, -0.1) is 11.3 Å². The molecule has 0 spiro atoms. The molecule has 0 radical (unpaired) electrons. The Bertz CT molecular complexity index is 612. The number of nitrogen functional groups attached to an aromatic ring is 1. The zero-order valence-electron chi connectivity index (χ0n) is 11.8. The molecule has 2 N–H and O–H groups in total. The molecule has 1 aliphatic heterocycles. The maximum atomic E-state index is 14.1. The second kappa shape index (κ2) is 5.77. The maximum Gasteiger partial charge on any atom is 0.185 e. The largest absolute Gasteiger partial charge is 0.495 e. The molecule has 5 nitrogen and oxygen atoms in total. The molecule has 1 aliphatic rings. The van der Waals surface area contributed by atoms with Gasteiger partial charge in [0.05, 0.1) is 18.5 Å². The number of nitrogens with two attached hydrogens (primary N) is 1. The van der Waals surface area contributed by atoms with Gasteiger partial charge in [0.2, 0.25) is 0 Å². The SMILES string of the molecule is COc1cc(N2CCN(c3nccs3)CC2)c(F)cc1N. The van der Waals surface area contributed by atoms with Crippen molar-refractivity contribution in [3.63, 3.8) is 0 Å². The number of ether oxygens (including phenoxy) is 1. The van der Waals surface area contributed by atoms with Gasteiger partial charge in [-0.3, -0.25) is 0 Å². The summed E-state index contributed by atoms with van der Waals surface area (Å²) in [6, 6.07) is 2.99. The number of halogens is 1. The van der Waals surface area contributed by atoms with Crippen molar-refractivity contribution in [3.8, 4) is 5.75 Å². The lowest BCUT2D eigenvalue weighted by molar-refractivity contribution is 0.416. The average molecular weight is 308 g/mol. The van der Waals surface area contributed by atoms with Crippen LogP contribution in [0.5, 0.6) is 5.75 Å². The number of piperazine rings is 1. The third kappa shape index (κ3) is 2.73. The molecular weight excluding hydrogens is 291 g/mol. The van der Waals surface area contributed by atoms with Gasteiger partial charge in [-0.05, 0) is 0 Å². The van der Waals surface area contributed by atoms with Gasteiger partial charge in [-0.2, -0.15) is 0 Å². The van der Waals surface area contributed by atoms with E-state index in [1.54, 1.807) is 23.6 Å². The fourth-order valence-electron chi connectivity index (χ4n) is 2.49. The van der Waals surface area contributed by atoms with Crippen molar-refractivity contribution in [2.24, 2.45) is 0 Å². The Morgan fingerprint density at radius 2 is 1.95 bits per heavy atom. The molecule has 112 valence electrons. The summed E-state index contributed by atoms with van der Waals surface area (Å²) in [5, 5.41) is 2.98. The van der Waals surface area contributed by atoms with E-state index in [-0.39, 0.29) is 5.82 Å². The highest BCUT2D eigenvalue weighted by Gasteiger charge is 2.22. The Morgan fingerprint density at radius 1 is 1.24 bits per heavy atom. The van der Waals surface area contributed by atoms with Crippen LogP contribution in [0.2, 0.25) is 0 Å². The quantitative estimate of drug-likeness (QED) is 0.881. The molecule has 0 bridgehead atoms. The summed E-state index contributed by atoms with van der Waals surface area (Å²) in [7, 11) is 1.54. The number of thiazole rings is 1. The number of aromatic nitrogens is 1. The summed E-state index contributed by atoms with van der Waals surface area (Å²) in [4.78, 5) is 8.54. The van der Waals surface area contributed by atoms with Crippen LogP contribution in [0.1, 0.15) is 0 Å². The second-order valence-corrected chi connectivity index (χ2v) is 5.71. The number of nitrogens with zero attached hydrogens (tertiary/aromatic N) is 3. The molecule has 0 saturated carbocycles. The molecule has 21 heavy (non-hydrogen) atoms. The van der Waals surface area contributed by atoms with E-state index in [4.69, 9.17) is 10.5 Å². The summed E-state index contributed by atoms with van der Waals surface area (Å²) in [5.41, 5.74) is 6.58. The van der Waals surface area contributed by atoms with Crippen LogP contribution in [0.25, 0.3) is 0 Å². The normalized spacial score (nSPS) is 15.3. The van der Waals surface area contributed by atoms with Crippen molar-refractivity contribution in [2.45, 2.75) is 0 Å². The van der Waals surface area contributed by atoms with Gasteiger partial charge in [0, 0.05) is 49.9 Å². The summed E-state index contributed by atoms with van der Waals surface area (Å²) in [6.07, 6.45) is 1.80. The number of anilines is 3. The van der Waals surface area contributed by atoms with Gasteiger partial charge < -0.3 is 20.3 Å². The molecule has 0 unspecified atom stereocenters. The van der Waals surface area contributed by atoms with Crippen molar-refractivity contribution in [1.82, 2.24) is 4.98 Å². The smallest absolute Gasteiger partial charge is 0.185 e. The Hall–Kier alpha value is -2.02. The van der Waals surface area contributed by atoms with Gasteiger partial charge in [0.15, 0.2) is 5.13 Å². The molecule has 2 aromatic rings. The van der Waals surface area contributed by atoms with E-state index in [0.717, 1.165) is 31.3 Å². The molecular formula is C14H17FN4OS. The van der Waals surface area contributed by atoms with E-state index in [0.29, 0.717) is 17.1 Å². The summed E-state index contributed by atoms with van der Waals surface area (Å²) in [5.74, 6) is 0.199. The van der Waals surface area contributed by atoms with Crippen molar-refractivity contribution < 1.29 is 9.13 Å². The number of benzene rings is 1. The second-order valence-electron chi connectivity index (χ2n) is 4.83. The highest BCUT2D eigenvalue weighted by atomic mass is 32.1. The molecule has 1 aromatic carbocycles. The third-order valence-corrected chi connectivity index (χ3v) is 4.44. The highest BCUT2D eigenvalue weighted by Crippen LogP contribution is 2.31. The summed E-state index contributed by atoms with van der Waals surface area (Å²) in [6.45, 7) is 3.12. The summed E-state index contributed by atoms with van der Waals surface area (Å²) >= 11 is 1.62. The standard InChI is InChI=1S/C14H17FN4OS/c1-20-13-9-12(10(15)8-11(13)16)18-3-5-19(6-4-18)14-17-2-7-21-14/h2,7-9H,3-6,16H2,1H3. The van der Waals surface area contributed by atoms with Gasteiger partial charge in [0.1, 0.15) is 11.6 Å². The van der Waals surface area contributed by atoms with Crippen LogP contribution in [-0.4, -0.2) is 38.3 Å². The lowest BCUT2D eigenvalue weighted by Crippen LogP contribution is -2.46. The Kier molecular flexibility index (Phi) is 3.83. The van der Waals surface area contributed by atoms with Crippen molar-refractivity contribution in [2.75, 3.05) is 48.8 Å². The van der Waals surface area contributed by atoms with Crippen LogP contribution in [0.15, 0.2) is 23.7 Å². The molecule has 2 heterocycles. The van der Waals surface area contributed by atoms with Crippen molar-refractivity contribution in [1.29, 1.82) is 0 Å². The minimum absolute atomic E-state index is 0.309. The van der Waals surface area contributed by atoms with Crippen molar-refractivity contribution >= 4 is 27.8 Å². The molecule has 1 fully saturated rings. The molecule has 7 heteroatoms. The zero-order valence-corrected chi connectivity index (χ0v) is 12.6. The van der Waals surface area contributed by atoms with Gasteiger partial charge in [0.25, 0.3) is 0 Å². The molecule has 1 aromatic heterocycles. The molecule has 3 rings (SSSR count). The molecule has 0 amide bonds. The van der Waals surface area contributed by atoms with Crippen LogP contribution in [0, 0.1) is 5.82 Å². The number of hydrogen-bond acceptors (Lipinski definition) is 6. The average Bonchev–Trinajstić information content (AvgIpc) is 3.02. The first kappa shape index (κ1) is 13.9. The lowest BCUT2D eigenvalue weighted by Gasteiger charge is -2.36. The highest BCUT2D eigenvalue weighted by molar-refractivity contribution is 7.13. The minimum atomic E-state index is -0.309. The van der Waals surface area contributed by atoms with Gasteiger partial charge >= 0.3 is 0 Å². The van der Waals surface area contributed by atoms with E-state index < -0.39 is 0 Å². The van der Waals surface area contributed by atoms with Gasteiger partial charge in [-0.1, -0.05) is 0 Å². The first-order valence-corrected chi connectivity index (χ1v) is 7.59. The fourth-order valence-corrected chi connectivity index (χ4v) is 3.18. The van der Waals surface area contributed by atoms with Crippen LogP contribution in [-0.2, 0) is 0 Å². The molecule has 0 atom stereocenters. The van der Waals surface area contributed by atoms with E-state index in [2.05, 4.69) is 9.88 Å². The monoisotopic (exact) mass is 308 g/mol. The Balaban J connectivity index is 1.75. The predicted octanol–water partition coefficient (Wildman–Crippen LogP) is 2.20. The zero-order chi connectivity index (χ0) is 14.8. The molecule has 0 aliphatic carbocycles. The van der Waals surface area contributed by atoms with Crippen LogP contribution in [0.4, 0.5) is 20.9 Å². The molecule has 1 saturated heterocycles. The van der Waals surface area contributed by atoms with Crippen LogP contribution < -0.4 is 20.3 Å². The van der Waals surface area contributed by atoms with E-state index in [1.165, 1.54) is 13.2 Å². The van der Waals surface area contributed by atoms with Crippen LogP contribution >= 0.6 is 11.3 Å². The number of hydrogen-bond donors (Lipinski definition) is 1. The van der Waals surface area contributed by atoms with Gasteiger partial charge in [-0.25, -0.2) is 9.37 Å². The number of methoxy groups -OCH3 is 1. The Labute approximate surface area is 126 Å². The fraction of sp³-hybridized carbons (Fsp3) is 0.357. The topological polar surface area (TPSA) is 54.6 Å². The first-order chi connectivity index (χ1) is 10.2. The van der Waals surface area contributed by atoms with E-state index >= 15 is 0 Å². The Morgan fingerprint density at radius 3 is 2.57 bits per heavy atom. The third-order valence-electron chi connectivity index (χ3n) is 3.61. The van der Waals surface area contributed by atoms with E-state index in [9.17, 15) is 4.39 Å². The lowest BCUT2D eigenvalue weighted by atomic mass is 10.2. The first-order valence-electron chi connectivity index (χ1n) is 6.71. The number of rotatable bonds is 3. The van der Waals surface area contributed by atoms with E-state index in [1.807, 2.05) is 10.3 Å². The maximum absolute atomic E-state index is 14.1. The summed E-state index contributed by atoms with van der Waals surface area (Å²) < 4.78 is 19.3. The van der Waals surface area contributed by atoms with Crippen molar-refractivity contribution in [3.05, 3.63) is 29.5 Å².